The number of anilines is 1. The molecule has 2 amide bonds. The summed E-state index contributed by atoms with van der Waals surface area (Å²) >= 11 is 0. The number of aryl methyl sites for hydroxylation is 1. The lowest BCUT2D eigenvalue weighted by atomic mass is 9.81. The molecule has 8 heteroatoms. The van der Waals surface area contributed by atoms with Gasteiger partial charge in [-0.25, -0.2) is 4.90 Å². The number of ether oxygens (including phenoxy) is 2. The first-order valence-electron chi connectivity index (χ1n) is 9.49. The van der Waals surface area contributed by atoms with Gasteiger partial charge in [-0.05, 0) is 31.9 Å². The summed E-state index contributed by atoms with van der Waals surface area (Å²) in [4.78, 5) is 37.9. The van der Waals surface area contributed by atoms with Gasteiger partial charge in [0.15, 0.2) is 0 Å². The lowest BCUT2D eigenvalue weighted by Crippen LogP contribution is -2.34. The van der Waals surface area contributed by atoms with Gasteiger partial charge < -0.3 is 9.47 Å². The van der Waals surface area contributed by atoms with Crippen molar-refractivity contribution < 1.29 is 24.0 Å². The molecule has 0 spiro atoms. The number of nitro benzene ring substituents is 1. The number of nitrogens with zero attached hydrogens (tertiary/aromatic N) is 2. The Labute approximate surface area is 166 Å². The molecule has 0 radical (unpaired) electrons. The van der Waals surface area contributed by atoms with E-state index in [2.05, 4.69) is 0 Å². The van der Waals surface area contributed by atoms with Crippen molar-refractivity contribution in [3.8, 4) is 11.5 Å². The zero-order valence-electron chi connectivity index (χ0n) is 15.6. The fourth-order valence-electron chi connectivity index (χ4n) is 4.57. The normalized spacial score (nSPS) is 27.4. The van der Waals surface area contributed by atoms with Gasteiger partial charge in [0, 0.05) is 12.1 Å². The van der Waals surface area contributed by atoms with Gasteiger partial charge in [-0.3, -0.25) is 19.7 Å². The number of imide groups is 1. The molecular formula is C21H18N2O6. The summed E-state index contributed by atoms with van der Waals surface area (Å²) in [5.74, 6) is -1.01. The van der Waals surface area contributed by atoms with Gasteiger partial charge in [-0.1, -0.05) is 17.7 Å². The molecule has 4 atom stereocenters. The maximum Gasteiger partial charge on any atom is 0.275 e. The fourth-order valence-corrected chi connectivity index (χ4v) is 4.57. The third-order valence-corrected chi connectivity index (χ3v) is 5.89. The van der Waals surface area contributed by atoms with Crippen LogP contribution in [0.25, 0.3) is 0 Å². The molecule has 3 saturated heterocycles. The van der Waals surface area contributed by atoms with Crippen LogP contribution in [-0.2, 0) is 14.3 Å². The Balaban J connectivity index is 1.52. The van der Waals surface area contributed by atoms with Gasteiger partial charge >= 0.3 is 0 Å². The number of benzene rings is 2. The number of amides is 2. The van der Waals surface area contributed by atoms with Crippen molar-refractivity contribution in [2.24, 2.45) is 11.8 Å². The average Bonchev–Trinajstić information content (AvgIpc) is 3.37. The van der Waals surface area contributed by atoms with E-state index in [0.29, 0.717) is 5.75 Å². The van der Waals surface area contributed by atoms with Crippen LogP contribution in [0.3, 0.4) is 0 Å². The number of nitro groups is 1. The van der Waals surface area contributed by atoms with E-state index in [1.54, 1.807) is 12.1 Å². The minimum absolute atomic E-state index is 0.158. The molecule has 3 aliphatic rings. The fraction of sp³-hybridized carbons (Fsp3) is 0.333. The first kappa shape index (κ1) is 17.8. The first-order valence-corrected chi connectivity index (χ1v) is 9.49. The van der Waals surface area contributed by atoms with Crippen LogP contribution in [0, 0.1) is 28.9 Å². The zero-order chi connectivity index (χ0) is 20.3. The molecule has 0 aromatic heterocycles. The summed E-state index contributed by atoms with van der Waals surface area (Å²) in [6, 6.07) is 11.2. The molecule has 3 aliphatic heterocycles. The first-order chi connectivity index (χ1) is 13.9. The predicted molar refractivity (Wildman–Crippen MR) is 102 cm³/mol. The van der Waals surface area contributed by atoms with E-state index in [1.165, 1.54) is 18.2 Å². The molecule has 0 saturated carbocycles. The summed E-state index contributed by atoms with van der Waals surface area (Å²) in [6.07, 6.45) is 1.03. The molecule has 0 aliphatic carbocycles. The monoisotopic (exact) mass is 394 g/mol. The smallest absolute Gasteiger partial charge is 0.275 e. The van der Waals surface area contributed by atoms with Gasteiger partial charge in [-0.15, -0.1) is 0 Å². The van der Waals surface area contributed by atoms with E-state index in [1.807, 2.05) is 19.1 Å². The highest BCUT2D eigenvalue weighted by Crippen LogP contribution is 2.50. The Morgan fingerprint density at radius 2 is 1.62 bits per heavy atom. The number of non-ortho nitro benzene ring substituents is 1. The lowest BCUT2D eigenvalue weighted by molar-refractivity contribution is -0.384. The minimum Gasteiger partial charge on any atom is -0.457 e. The lowest BCUT2D eigenvalue weighted by Gasteiger charge is -2.18. The summed E-state index contributed by atoms with van der Waals surface area (Å²) in [7, 11) is 0. The Morgan fingerprint density at radius 3 is 2.21 bits per heavy atom. The van der Waals surface area contributed by atoms with E-state index in [4.69, 9.17) is 9.47 Å². The van der Waals surface area contributed by atoms with Gasteiger partial charge in [0.2, 0.25) is 11.8 Å². The van der Waals surface area contributed by atoms with Crippen molar-refractivity contribution in [3.63, 3.8) is 0 Å². The average molecular weight is 394 g/mol. The van der Waals surface area contributed by atoms with Gasteiger partial charge in [0.25, 0.3) is 5.69 Å². The highest BCUT2D eigenvalue weighted by Gasteiger charge is 2.62. The second kappa shape index (κ2) is 6.38. The molecule has 2 bridgehead atoms. The SMILES string of the molecule is Cc1ccc(Oc2cc(N3C(=O)[C@@H]4[C@@H](C3=O)[C@H]3CC[C@H]4O3)cc([N+](=O)[O-])c2)cc1. The molecule has 2 aromatic rings. The summed E-state index contributed by atoms with van der Waals surface area (Å²) in [5, 5.41) is 11.4. The maximum atomic E-state index is 13.0. The van der Waals surface area contributed by atoms with Crippen molar-refractivity contribution >= 4 is 23.2 Å². The second-order valence-electron chi connectivity index (χ2n) is 7.71. The number of carbonyl (C=O) groups is 2. The number of rotatable bonds is 4. The Kier molecular flexibility index (Phi) is 3.92. The minimum atomic E-state index is -0.565. The van der Waals surface area contributed by atoms with Crippen LogP contribution in [0.15, 0.2) is 42.5 Å². The number of fused-ring (bicyclic) bond motifs is 5. The number of hydrogen-bond acceptors (Lipinski definition) is 6. The Bertz CT molecular complexity index is 1010. The Morgan fingerprint density at radius 1 is 1.00 bits per heavy atom. The summed E-state index contributed by atoms with van der Waals surface area (Å²) in [6.45, 7) is 1.94. The molecule has 148 valence electrons. The molecule has 3 fully saturated rings. The van der Waals surface area contributed by atoms with Gasteiger partial charge in [0.05, 0.1) is 40.7 Å². The molecule has 3 heterocycles. The largest absolute Gasteiger partial charge is 0.457 e. The third-order valence-electron chi connectivity index (χ3n) is 5.89. The standard InChI is InChI=1S/C21H18N2O6/c1-11-2-4-14(5-3-11)28-15-9-12(8-13(10-15)23(26)27)22-20(24)18-16-6-7-17(29-16)19(18)21(22)25/h2-5,8-10,16-19H,6-7H2,1H3/t16-,17-,18+,19+/m1/s1. The van der Waals surface area contributed by atoms with E-state index in [0.717, 1.165) is 23.3 Å². The van der Waals surface area contributed by atoms with Crippen molar-refractivity contribution in [2.45, 2.75) is 32.0 Å². The predicted octanol–water partition coefficient (Wildman–Crippen LogP) is 3.36. The van der Waals surface area contributed by atoms with E-state index < -0.39 is 16.8 Å². The van der Waals surface area contributed by atoms with E-state index in [-0.39, 0.29) is 41.1 Å². The van der Waals surface area contributed by atoms with Crippen LogP contribution < -0.4 is 9.64 Å². The zero-order valence-corrected chi connectivity index (χ0v) is 15.6. The van der Waals surface area contributed by atoms with Crippen molar-refractivity contribution in [3.05, 3.63) is 58.1 Å². The van der Waals surface area contributed by atoms with Crippen LogP contribution in [0.2, 0.25) is 0 Å². The molecule has 2 aromatic carbocycles. The van der Waals surface area contributed by atoms with Crippen LogP contribution >= 0.6 is 0 Å². The third kappa shape index (κ3) is 2.79. The molecule has 29 heavy (non-hydrogen) atoms. The molecular weight excluding hydrogens is 376 g/mol. The molecule has 5 rings (SSSR count). The van der Waals surface area contributed by atoms with Crippen LogP contribution in [0.1, 0.15) is 18.4 Å². The van der Waals surface area contributed by atoms with Crippen molar-refractivity contribution in [2.75, 3.05) is 4.90 Å². The summed E-state index contributed by atoms with van der Waals surface area (Å²) in [5.41, 5.74) is 0.959. The van der Waals surface area contributed by atoms with Crippen molar-refractivity contribution in [1.29, 1.82) is 0 Å². The molecule has 8 nitrogen and oxygen atoms in total. The number of carbonyl (C=O) groups excluding carboxylic acids is 2. The Hall–Kier alpha value is -3.26. The summed E-state index contributed by atoms with van der Waals surface area (Å²) < 4.78 is 11.5. The molecule has 0 N–H and O–H groups in total. The second-order valence-corrected chi connectivity index (χ2v) is 7.71. The van der Waals surface area contributed by atoms with Crippen molar-refractivity contribution in [1.82, 2.24) is 0 Å². The molecule has 0 unspecified atom stereocenters. The van der Waals surface area contributed by atoms with Gasteiger partial charge in [0.1, 0.15) is 11.5 Å². The maximum absolute atomic E-state index is 13.0. The van der Waals surface area contributed by atoms with Crippen LogP contribution in [0.5, 0.6) is 11.5 Å². The quantitative estimate of drug-likeness (QED) is 0.448. The number of hydrogen-bond donors (Lipinski definition) is 0. The highest BCUT2D eigenvalue weighted by atomic mass is 16.6. The van der Waals surface area contributed by atoms with E-state index >= 15 is 0 Å². The van der Waals surface area contributed by atoms with E-state index in [9.17, 15) is 19.7 Å². The van der Waals surface area contributed by atoms with Crippen LogP contribution in [0.4, 0.5) is 11.4 Å². The highest BCUT2D eigenvalue weighted by molar-refractivity contribution is 6.23. The topological polar surface area (TPSA) is 99.0 Å². The van der Waals surface area contributed by atoms with Gasteiger partial charge in [-0.2, -0.15) is 0 Å². The van der Waals surface area contributed by atoms with Crippen LogP contribution in [-0.4, -0.2) is 28.9 Å².